The SMILES string of the molecule is COC(=O)c1coc(-c2nc([C@@H](N)C(C)(C)C)oc2-c2c[nH]c3ccc(F)cc23)n1. The number of methoxy groups -OCH3 is 1. The van der Waals surface area contributed by atoms with E-state index in [0.29, 0.717) is 16.7 Å². The molecule has 4 rings (SSSR count). The van der Waals surface area contributed by atoms with Crippen LogP contribution in [-0.4, -0.2) is 28.0 Å². The lowest BCUT2D eigenvalue weighted by Crippen LogP contribution is -2.26. The fourth-order valence-electron chi connectivity index (χ4n) is 3.03. The van der Waals surface area contributed by atoms with Crippen molar-refractivity contribution < 1.29 is 22.8 Å². The highest BCUT2D eigenvalue weighted by atomic mass is 19.1. The quantitative estimate of drug-likeness (QED) is 0.475. The van der Waals surface area contributed by atoms with Crippen molar-refractivity contribution in [2.24, 2.45) is 11.1 Å². The Labute approximate surface area is 171 Å². The van der Waals surface area contributed by atoms with E-state index in [2.05, 4.69) is 19.7 Å². The highest BCUT2D eigenvalue weighted by Crippen LogP contribution is 2.40. The minimum Gasteiger partial charge on any atom is -0.464 e. The van der Waals surface area contributed by atoms with Crippen LogP contribution in [-0.2, 0) is 4.74 Å². The number of H-pyrrole nitrogens is 1. The second-order valence-electron chi connectivity index (χ2n) is 8.00. The molecule has 0 aliphatic carbocycles. The second-order valence-corrected chi connectivity index (χ2v) is 8.00. The molecule has 3 heterocycles. The third-order valence-electron chi connectivity index (χ3n) is 4.83. The fraction of sp³-hybridized carbons (Fsp3) is 0.286. The number of nitrogens with one attached hydrogen (secondary N) is 1. The van der Waals surface area contributed by atoms with Crippen molar-refractivity contribution in [3.8, 4) is 22.9 Å². The van der Waals surface area contributed by atoms with Crippen molar-refractivity contribution in [1.82, 2.24) is 15.0 Å². The lowest BCUT2D eigenvalue weighted by Gasteiger charge is -2.23. The summed E-state index contributed by atoms with van der Waals surface area (Å²) in [7, 11) is 1.25. The number of hydrogen-bond acceptors (Lipinski definition) is 7. The van der Waals surface area contributed by atoms with Gasteiger partial charge >= 0.3 is 5.97 Å². The van der Waals surface area contributed by atoms with Gasteiger partial charge in [0.25, 0.3) is 0 Å². The van der Waals surface area contributed by atoms with Crippen LogP contribution >= 0.6 is 0 Å². The molecule has 30 heavy (non-hydrogen) atoms. The van der Waals surface area contributed by atoms with Crippen LogP contribution in [0.15, 0.2) is 39.5 Å². The molecule has 0 spiro atoms. The Morgan fingerprint density at radius 3 is 2.77 bits per heavy atom. The van der Waals surface area contributed by atoms with E-state index in [4.69, 9.17) is 14.6 Å². The molecular formula is C21H21FN4O4. The van der Waals surface area contributed by atoms with Gasteiger partial charge in [-0.3, -0.25) is 0 Å². The van der Waals surface area contributed by atoms with Crippen LogP contribution < -0.4 is 5.73 Å². The molecule has 0 bridgehead atoms. The molecule has 0 saturated heterocycles. The van der Waals surface area contributed by atoms with Crippen molar-refractivity contribution >= 4 is 16.9 Å². The molecule has 156 valence electrons. The van der Waals surface area contributed by atoms with Crippen molar-refractivity contribution in [3.63, 3.8) is 0 Å². The molecule has 0 aliphatic rings. The average Bonchev–Trinajstić information content (AvgIpc) is 3.42. The predicted molar refractivity (Wildman–Crippen MR) is 107 cm³/mol. The number of aromatic nitrogens is 3. The van der Waals surface area contributed by atoms with Gasteiger partial charge in [-0.2, -0.15) is 0 Å². The zero-order valence-corrected chi connectivity index (χ0v) is 16.9. The summed E-state index contributed by atoms with van der Waals surface area (Å²) in [5, 5.41) is 0.600. The van der Waals surface area contributed by atoms with Crippen molar-refractivity contribution in [2.45, 2.75) is 26.8 Å². The Bertz CT molecular complexity index is 1230. The molecule has 0 unspecified atom stereocenters. The first-order valence-corrected chi connectivity index (χ1v) is 9.26. The number of hydrogen-bond donors (Lipinski definition) is 2. The topological polar surface area (TPSA) is 120 Å². The summed E-state index contributed by atoms with van der Waals surface area (Å²) in [5.41, 5.74) is 7.55. The van der Waals surface area contributed by atoms with E-state index in [9.17, 15) is 9.18 Å². The summed E-state index contributed by atoms with van der Waals surface area (Å²) in [5.74, 6) is -0.390. The number of nitrogens with two attached hydrogens (primary N) is 1. The third-order valence-corrected chi connectivity index (χ3v) is 4.83. The number of oxazole rings is 2. The van der Waals surface area contributed by atoms with E-state index >= 15 is 0 Å². The largest absolute Gasteiger partial charge is 0.464 e. The Kier molecular flexibility index (Phi) is 4.70. The summed E-state index contributed by atoms with van der Waals surface area (Å²) in [4.78, 5) is 23.5. The van der Waals surface area contributed by atoms with Crippen molar-refractivity contribution in [1.29, 1.82) is 0 Å². The Morgan fingerprint density at radius 1 is 1.30 bits per heavy atom. The Balaban J connectivity index is 1.92. The van der Waals surface area contributed by atoms with Gasteiger partial charge in [0.1, 0.15) is 12.1 Å². The van der Waals surface area contributed by atoms with Crippen LogP contribution in [0, 0.1) is 11.2 Å². The standard InChI is InChI=1S/C21H21FN4O4/c1-21(2,3)17(23)19-26-15(18-25-14(9-29-18)20(27)28-4)16(30-19)12-8-24-13-6-5-10(22)7-11(12)13/h5-9,17,24H,23H2,1-4H3/t17-/m1/s1. The number of benzene rings is 1. The number of halogens is 1. The highest BCUT2D eigenvalue weighted by molar-refractivity contribution is 5.97. The number of nitrogens with zero attached hydrogens (tertiary/aromatic N) is 2. The van der Waals surface area contributed by atoms with Gasteiger partial charge in [0.15, 0.2) is 17.1 Å². The zero-order valence-electron chi connectivity index (χ0n) is 16.9. The molecule has 0 radical (unpaired) electrons. The first kappa shape index (κ1) is 19.8. The summed E-state index contributed by atoms with van der Waals surface area (Å²) < 4.78 is 30.1. The Morgan fingerprint density at radius 2 is 2.07 bits per heavy atom. The van der Waals surface area contributed by atoms with Crippen LogP contribution in [0.1, 0.15) is 43.2 Å². The van der Waals surface area contributed by atoms with Crippen LogP contribution in [0.4, 0.5) is 4.39 Å². The molecule has 3 aromatic heterocycles. The molecule has 1 aromatic carbocycles. The number of ether oxygens (including phenoxy) is 1. The van der Waals surface area contributed by atoms with Crippen molar-refractivity contribution in [2.75, 3.05) is 7.11 Å². The molecule has 0 aliphatic heterocycles. The number of aromatic amines is 1. The van der Waals surface area contributed by atoms with Crippen LogP contribution in [0.2, 0.25) is 0 Å². The van der Waals surface area contributed by atoms with Crippen LogP contribution in [0.3, 0.4) is 0 Å². The molecule has 3 N–H and O–H groups in total. The lowest BCUT2D eigenvalue weighted by atomic mass is 9.87. The Hall–Kier alpha value is -3.46. The summed E-state index contributed by atoms with van der Waals surface area (Å²) in [6, 6.07) is 3.86. The number of carbonyl (C=O) groups is 1. The van der Waals surface area contributed by atoms with Gasteiger partial charge in [0, 0.05) is 22.7 Å². The lowest BCUT2D eigenvalue weighted by molar-refractivity contribution is 0.0594. The molecule has 0 fully saturated rings. The fourth-order valence-corrected chi connectivity index (χ4v) is 3.03. The van der Waals surface area contributed by atoms with Gasteiger partial charge in [-0.25, -0.2) is 19.2 Å². The molecule has 1 atom stereocenters. The van der Waals surface area contributed by atoms with Gasteiger partial charge in [-0.15, -0.1) is 0 Å². The smallest absolute Gasteiger partial charge is 0.360 e. The summed E-state index contributed by atoms with van der Waals surface area (Å²) in [6.45, 7) is 5.88. The molecule has 4 aromatic rings. The van der Waals surface area contributed by atoms with Crippen LogP contribution in [0.5, 0.6) is 0 Å². The van der Waals surface area contributed by atoms with E-state index in [0.717, 1.165) is 5.52 Å². The maximum atomic E-state index is 13.9. The summed E-state index contributed by atoms with van der Waals surface area (Å²) in [6.07, 6.45) is 2.86. The van der Waals surface area contributed by atoms with Gasteiger partial charge < -0.3 is 24.3 Å². The first-order chi connectivity index (χ1) is 14.2. The normalized spacial score (nSPS) is 13.0. The van der Waals surface area contributed by atoms with Gasteiger partial charge in [0.2, 0.25) is 11.8 Å². The second kappa shape index (κ2) is 7.10. The van der Waals surface area contributed by atoms with Crippen LogP contribution in [0.25, 0.3) is 33.8 Å². The number of carbonyl (C=O) groups excluding carboxylic acids is 1. The number of rotatable bonds is 4. The van der Waals surface area contributed by atoms with E-state index in [1.54, 1.807) is 12.3 Å². The molecule has 0 saturated carbocycles. The molecular weight excluding hydrogens is 391 g/mol. The van der Waals surface area contributed by atoms with E-state index in [1.165, 1.54) is 25.5 Å². The van der Waals surface area contributed by atoms with Gasteiger partial charge in [0.05, 0.1) is 13.2 Å². The zero-order chi connectivity index (χ0) is 21.6. The van der Waals surface area contributed by atoms with Gasteiger partial charge in [-0.05, 0) is 23.6 Å². The third kappa shape index (κ3) is 3.37. The number of esters is 1. The average molecular weight is 412 g/mol. The predicted octanol–water partition coefficient (Wildman–Crippen LogP) is 4.45. The highest BCUT2D eigenvalue weighted by Gasteiger charge is 2.31. The molecule has 8 nitrogen and oxygen atoms in total. The minimum absolute atomic E-state index is 0.00640. The van der Waals surface area contributed by atoms with E-state index in [1.807, 2.05) is 20.8 Å². The van der Waals surface area contributed by atoms with Gasteiger partial charge in [-0.1, -0.05) is 20.8 Å². The first-order valence-electron chi connectivity index (χ1n) is 9.26. The van der Waals surface area contributed by atoms with Crippen molar-refractivity contribution in [3.05, 3.63) is 48.1 Å². The minimum atomic E-state index is -0.643. The molecule has 0 amide bonds. The monoisotopic (exact) mass is 412 g/mol. The molecule has 9 heteroatoms. The summed E-state index contributed by atoms with van der Waals surface area (Å²) >= 11 is 0. The number of fused-ring (bicyclic) bond motifs is 1. The maximum Gasteiger partial charge on any atom is 0.360 e. The van der Waals surface area contributed by atoms with E-state index in [-0.39, 0.29) is 34.4 Å². The van der Waals surface area contributed by atoms with E-state index < -0.39 is 12.0 Å². The maximum absolute atomic E-state index is 13.9.